The first-order chi connectivity index (χ1) is 14.4. The Kier molecular flexibility index (Phi) is 5.60. The molecule has 30 heavy (non-hydrogen) atoms. The number of fused-ring (bicyclic) bond motifs is 1. The van der Waals surface area contributed by atoms with Gasteiger partial charge in [-0.15, -0.1) is 0 Å². The van der Waals surface area contributed by atoms with Crippen LogP contribution in [0, 0.1) is 13.8 Å². The molecule has 0 spiro atoms. The Hall–Kier alpha value is -2.73. The van der Waals surface area contributed by atoms with Crippen molar-refractivity contribution in [3.8, 4) is 17.0 Å². The van der Waals surface area contributed by atoms with Crippen molar-refractivity contribution in [1.29, 1.82) is 0 Å². The number of Topliss-reactive ketones (excluding diaryl/α,β-unsaturated/α-hetero) is 1. The van der Waals surface area contributed by atoms with E-state index in [4.69, 9.17) is 5.73 Å². The minimum Gasteiger partial charge on any atom is -0.508 e. The Morgan fingerprint density at radius 3 is 2.60 bits per heavy atom. The molecule has 4 rings (SSSR count). The van der Waals surface area contributed by atoms with Gasteiger partial charge in [-0.3, -0.25) is 9.89 Å². The number of aryl methyl sites for hydroxylation is 2. The standard InChI is InChI=1S/C24H30N4O2/c1-15-13-17(29)7-8-18(15)20-14-19(22-16(2)27-28-23(22)26-20)21(30)9-12-24(25)10-5-3-4-6-11-24/h7-8,13-14,29H,3-6,9-12,25H2,1-2H3,(H,26,27,28). The van der Waals surface area contributed by atoms with Gasteiger partial charge < -0.3 is 10.8 Å². The van der Waals surface area contributed by atoms with Crippen LogP contribution in [0.25, 0.3) is 22.3 Å². The van der Waals surface area contributed by atoms with Gasteiger partial charge in [0, 0.05) is 28.8 Å². The lowest BCUT2D eigenvalue weighted by molar-refractivity contribution is 0.0969. The third-order valence-corrected chi connectivity index (χ3v) is 6.44. The molecule has 1 aliphatic carbocycles. The third-order valence-electron chi connectivity index (χ3n) is 6.44. The first-order valence-electron chi connectivity index (χ1n) is 10.8. The van der Waals surface area contributed by atoms with Crippen LogP contribution >= 0.6 is 0 Å². The highest BCUT2D eigenvalue weighted by molar-refractivity contribution is 6.08. The van der Waals surface area contributed by atoms with Crippen molar-refractivity contribution in [1.82, 2.24) is 15.2 Å². The quantitative estimate of drug-likeness (QED) is 0.410. The molecule has 1 saturated carbocycles. The summed E-state index contributed by atoms with van der Waals surface area (Å²) >= 11 is 0. The fraction of sp³-hybridized carbons (Fsp3) is 0.458. The Morgan fingerprint density at radius 1 is 1.17 bits per heavy atom. The van der Waals surface area contributed by atoms with Crippen molar-refractivity contribution in [2.45, 2.75) is 70.8 Å². The Bertz CT molecular complexity index is 1080. The molecule has 2 heterocycles. The molecular weight excluding hydrogens is 376 g/mol. The molecule has 2 aromatic heterocycles. The number of nitrogens with two attached hydrogens (primary N) is 1. The number of H-pyrrole nitrogens is 1. The van der Waals surface area contributed by atoms with E-state index in [0.29, 0.717) is 29.7 Å². The molecule has 1 aromatic carbocycles. The fourth-order valence-electron chi connectivity index (χ4n) is 4.65. The van der Waals surface area contributed by atoms with Gasteiger partial charge >= 0.3 is 0 Å². The van der Waals surface area contributed by atoms with E-state index in [9.17, 15) is 9.90 Å². The van der Waals surface area contributed by atoms with Crippen molar-refractivity contribution in [2.75, 3.05) is 0 Å². The van der Waals surface area contributed by atoms with E-state index in [2.05, 4.69) is 15.2 Å². The monoisotopic (exact) mass is 406 g/mol. The number of phenols is 1. The second kappa shape index (κ2) is 8.19. The largest absolute Gasteiger partial charge is 0.508 e. The number of aromatic hydroxyl groups is 1. The highest BCUT2D eigenvalue weighted by Gasteiger charge is 2.28. The van der Waals surface area contributed by atoms with E-state index < -0.39 is 0 Å². The fourth-order valence-corrected chi connectivity index (χ4v) is 4.65. The number of pyridine rings is 1. The van der Waals surface area contributed by atoms with Crippen LogP contribution in [0.4, 0.5) is 0 Å². The zero-order valence-corrected chi connectivity index (χ0v) is 17.8. The number of phenolic OH excluding ortho intramolecular Hbond substituents is 1. The summed E-state index contributed by atoms with van der Waals surface area (Å²) in [5.74, 6) is 0.291. The lowest BCUT2D eigenvalue weighted by atomic mass is 9.85. The van der Waals surface area contributed by atoms with Crippen molar-refractivity contribution in [3.05, 3.63) is 41.1 Å². The summed E-state index contributed by atoms with van der Waals surface area (Å²) < 4.78 is 0. The van der Waals surface area contributed by atoms with E-state index in [1.807, 2.05) is 26.0 Å². The van der Waals surface area contributed by atoms with Crippen molar-refractivity contribution in [3.63, 3.8) is 0 Å². The maximum absolute atomic E-state index is 13.3. The molecule has 0 aliphatic heterocycles. The maximum atomic E-state index is 13.3. The number of hydrogen-bond donors (Lipinski definition) is 3. The number of aromatic nitrogens is 3. The number of benzene rings is 1. The van der Waals surface area contributed by atoms with Crippen LogP contribution in [-0.4, -0.2) is 31.6 Å². The highest BCUT2D eigenvalue weighted by atomic mass is 16.3. The van der Waals surface area contributed by atoms with Gasteiger partial charge in [-0.05, 0) is 62.9 Å². The zero-order valence-electron chi connectivity index (χ0n) is 17.8. The molecule has 0 atom stereocenters. The molecule has 6 heteroatoms. The molecular formula is C24H30N4O2. The second-order valence-electron chi connectivity index (χ2n) is 8.80. The molecule has 1 aliphatic rings. The van der Waals surface area contributed by atoms with Gasteiger partial charge in [0.1, 0.15) is 5.75 Å². The van der Waals surface area contributed by atoms with Crippen molar-refractivity contribution in [2.24, 2.45) is 5.73 Å². The van der Waals surface area contributed by atoms with Crippen LogP contribution in [0.1, 0.15) is 73.0 Å². The van der Waals surface area contributed by atoms with Crippen LogP contribution in [0.3, 0.4) is 0 Å². The van der Waals surface area contributed by atoms with Gasteiger partial charge in [0.25, 0.3) is 0 Å². The molecule has 0 unspecified atom stereocenters. The predicted molar refractivity (Wildman–Crippen MR) is 119 cm³/mol. The van der Waals surface area contributed by atoms with Gasteiger partial charge in [-0.2, -0.15) is 5.10 Å². The Labute approximate surface area is 176 Å². The van der Waals surface area contributed by atoms with Gasteiger partial charge in [-0.1, -0.05) is 25.7 Å². The summed E-state index contributed by atoms with van der Waals surface area (Å²) in [6, 6.07) is 7.02. The lowest BCUT2D eigenvalue weighted by Crippen LogP contribution is -2.39. The maximum Gasteiger partial charge on any atom is 0.182 e. The molecule has 3 aromatic rings. The van der Waals surface area contributed by atoms with Crippen LogP contribution < -0.4 is 5.73 Å². The normalized spacial score (nSPS) is 16.5. The summed E-state index contributed by atoms with van der Waals surface area (Å²) in [5, 5.41) is 17.8. The van der Waals surface area contributed by atoms with Crippen LogP contribution in [-0.2, 0) is 0 Å². The minimum absolute atomic E-state index is 0.0821. The van der Waals surface area contributed by atoms with Crippen LogP contribution in [0.2, 0.25) is 0 Å². The number of carbonyl (C=O) groups excluding carboxylic acids is 1. The number of carbonyl (C=O) groups is 1. The number of nitrogens with zero attached hydrogens (tertiary/aromatic N) is 2. The van der Waals surface area contributed by atoms with E-state index in [-0.39, 0.29) is 17.1 Å². The molecule has 0 saturated heterocycles. The Morgan fingerprint density at radius 2 is 1.90 bits per heavy atom. The molecule has 0 amide bonds. The molecule has 6 nitrogen and oxygen atoms in total. The molecule has 158 valence electrons. The molecule has 4 N–H and O–H groups in total. The summed E-state index contributed by atoms with van der Waals surface area (Å²) in [6.07, 6.45) is 7.89. The van der Waals surface area contributed by atoms with Gasteiger partial charge in [-0.25, -0.2) is 4.98 Å². The van der Waals surface area contributed by atoms with Gasteiger partial charge in [0.15, 0.2) is 11.4 Å². The van der Waals surface area contributed by atoms with E-state index >= 15 is 0 Å². The van der Waals surface area contributed by atoms with Crippen LogP contribution in [0.5, 0.6) is 5.75 Å². The molecule has 0 radical (unpaired) electrons. The van der Waals surface area contributed by atoms with Gasteiger partial charge in [0.05, 0.1) is 11.1 Å². The average Bonchev–Trinajstić information content (AvgIpc) is 2.94. The molecule has 1 fully saturated rings. The zero-order chi connectivity index (χ0) is 21.3. The van der Waals surface area contributed by atoms with Crippen molar-refractivity contribution < 1.29 is 9.90 Å². The van der Waals surface area contributed by atoms with E-state index in [0.717, 1.165) is 47.9 Å². The summed E-state index contributed by atoms with van der Waals surface area (Å²) in [5.41, 5.74) is 10.9. The number of ketones is 1. The lowest BCUT2D eigenvalue weighted by Gasteiger charge is -2.27. The predicted octanol–water partition coefficient (Wildman–Crippen LogP) is 4.96. The molecule has 0 bridgehead atoms. The van der Waals surface area contributed by atoms with Crippen LogP contribution in [0.15, 0.2) is 24.3 Å². The number of hydrogen-bond acceptors (Lipinski definition) is 5. The van der Waals surface area contributed by atoms with E-state index in [1.165, 1.54) is 12.8 Å². The number of rotatable bonds is 5. The van der Waals surface area contributed by atoms with Gasteiger partial charge in [0.2, 0.25) is 0 Å². The topological polar surface area (TPSA) is 105 Å². The van der Waals surface area contributed by atoms with Crippen molar-refractivity contribution >= 4 is 16.8 Å². The first kappa shape index (κ1) is 20.5. The Balaban J connectivity index is 1.68. The SMILES string of the molecule is Cc1cc(O)ccc1-c1cc(C(=O)CCC2(N)CCCCCC2)c2c(C)[nH]nc2n1. The summed E-state index contributed by atoms with van der Waals surface area (Å²) in [4.78, 5) is 18.0. The smallest absolute Gasteiger partial charge is 0.182 e. The summed E-state index contributed by atoms with van der Waals surface area (Å²) in [7, 11) is 0. The number of nitrogens with one attached hydrogen (secondary N) is 1. The van der Waals surface area contributed by atoms with E-state index in [1.54, 1.807) is 12.1 Å². The summed E-state index contributed by atoms with van der Waals surface area (Å²) in [6.45, 7) is 3.83. The average molecular weight is 407 g/mol. The minimum atomic E-state index is -0.236. The number of aromatic amines is 1. The third kappa shape index (κ3) is 4.10. The highest BCUT2D eigenvalue weighted by Crippen LogP contribution is 2.32. The second-order valence-corrected chi connectivity index (χ2v) is 8.80. The first-order valence-corrected chi connectivity index (χ1v) is 10.8.